The summed E-state index contributed by atoms with van der Waals surface area (Å²) in [6.45, 7) is 3.19. The first kappa shape index (κ1) is 13.7. The van der Waals surface area contributed by atoms with E-state index in [9.17, 15) is 0 Å². The van der Waals surface area contributed by atoms with Crippen LogP contribution < -0.4 is 0 Å². The van der Waals surface area contributed by atoms with Gasteiger partial charge in [0.05, 0.1) is 5.01 Å². The summed E-state index contributed by atoms with van der Waals surface area (Å²) < 4.78 is 0. The number of hydrogen-bond donors (Lipinski definition) is 0. The van der Waals surface area contributed by atoms with Gasteiger partial charge >= 0.3 is 0 Å². The van der Waals surface area contributed by atoms with Crippen molar-refractivity contribution in [1.82, 2.24) is 14.9 Å². The molecule has 1 aliphatic rings. The second-order valence-electron chi connectivity index (χ2n) is 5.67. The van der Waals surface area contributed by atoms with Crippen molar-refractivity contribution in [2.45, 2.75) is 44.7 Å². The number of hydrogen-bond acceptors (Lipinski definition) is 4. The van der Waals surface area contributed by atoms with Crippen molar-refractivity contribution in [2.75, 3.05) is 7.05 Å². The molecule has 106 valence electrons. The van der Waals surface area contributed by atoms with Gasteiger partial charge in [0.25, 0.3) is 0 Å². The van der Waals surface area contributed by atoms with Gasteiger partial charge in [0.2, 0.25) is 0 Å². The molecule has 0 aliphatic heterocycles. The van der Waals surface area contributed by atoms with Crippen LogP contribution in [0, 0.1) is 0 Å². The van der Waals surface area contributed by atoms with Crippen LogP contribution in [-0.4, -0.2) is 21.9 Å². The third kappa shape index (κ3) is 2.91. The molecular formula is C16H21N3S. The SMILES string of the molecule is C[C@H](c1cccnc1)N(C)Cc1cnc(C2CCC2)s1. The first-order chi connectivity index (χ1) is 9.74. The quantitative estimate of drug-likeness (QED) is 0.832. The van der Waals surface area contributed by atoms with Gasteiger partial charge in [-0.3, -0.25) is 9.88 Å². The second kappa shape index (κ2) is 6.02. The number of pyridine rings is 1. The van der Waals surface area contributed by atoms with Gasteiger partial charge in [0.15, 0.2) is 0 Å². The predicted molar refractivity (Wildman–Crippen MR) is 82.8 cm³/mol. The monoisotopic (exact) mass is 287 g/mol. The zero-order valence-corrected chi connectivity index (χ0v) is 12.9. The van der Waals surface area contributed by atoms with Crippen molar-refractivity contribution in [3.05, 3.63) is 46.2 Å². The van der Waals surface area contributed by atoms with Gasteiger partial charge in [0, 0.05) is 42.0 Å². The second-order valence-corrected chi connectivity index (χ2v) is 6.82. The van der Waals surface area contributed by atoms with Gasteiger partial charge in [-0.2, -0.15) is 0 Å². The molecule has 1 fully saturated rings. The lowest BCUT2D eigenvalue weighted by molar-refractivity contribution is 0.255. The lowest BCUT2D eigenvalue weighted by Crippen LogP contribution is -2.21. The Morgan fingerprint density at radius 1 is 1.40 bits per heavy atom. The first-order valence-corrected chi connectivity index (χ1v) is 8.10. The minimum atomic E-state index is 0.373. The van der Waals surface area contributed by atoms with Gasteiger partial charge in [-0.05, 0) is 38.4 Å². The average molecular weight is 287 g/mol. The van der Waals surface area contributed by atoms with Crippen molar-refractivity contribution in [1.29, 1.82) is 0 Å². The molecule has 1 aliphatic carbocycles. The molecule has 0 N–H and O–H groups in total. The molecule has 2 aromatic heterocycles. The Labute approximate surface area is 124 Å². The summed E-state index contributed by atoms with van der Waals surface area (Å²) in [5, 5.41) is 1.34. The Balaban J connectivity index is 1.63. The lowest BCUT2D eigenvalue weighted by Gasteiger charge is -2.24. The molecule has 0 bridgehead atoms. The highest BCUT2D eigenvalue weighted by molar-refractivity contribution is 7.11. The van der Waals surface area contributed by atoms with Gasteiger partial charge < -0.3 is 0 Å². The highest BCUT2D eigenvalue weighted by Crippen LogP contribution is 2.38. The van der Waals surface area contributed by atoms with Crippen LogP contribution in [0.3, 0.4) is 0 Å². The topological polar surface area (TPSA) is 29.0 Å². The van der Waals surface area contributed by atoms with Gasteiger partial charge in [0.1, 0.15) is 0 Å². The van der Waals surface area contributed by atoms with Gasteiger partial charge in [-0.15, -0.1) is 11.3 Å². The molecule has 2 aromatic rings. The fraction of sp³-hybridized carbons (Fsp3) is 0.500. The van der Waals surface area contributed by atoms with Crippen molar-refractivity contribution >= 4 is 11.3 Å². The Morgan fingerprint density at radius 2 is 2.25 bits per heavy atom. The van der Waals surface area contributed by atoms with E-state index in [0.29, 0.717) is 6.04 Å². The summed E-state index contributed by atoms with van der Waals surface area (Å²) in [6.07, 6.45) is 9.87. The zero-order chi connectivity index (χ0) is 13.9. The zero-order valence-electron chi connectivity index (χ0n) is 12.1. The average Bonchev–Trinajstić information content (AvgIpc) is 2.85. The maximum Gasteiger partial charge on any atom is 0.0959 e. The molecule has 20 heavy (non-hydrogen) atoms. The fourth-order valence-corrected chi connectivity index (χ4v) is 3.65. The summed E-state index contributed by atoms with van der Waals surface area (Å²) in [6, 6.07) is 4.51. The van der Waals surface area contributed by atoms with Gasteiger partial charge in [-0.25, -0.2) is 4.98 Å². The fourth-order valence-electron chi connectivity index (χ4n) is 2.50. The van der Waals surface area contributed by atoms with Crippen molar-refractivity contribution < 1.29 is 0 Å². The highest BCUT2D eigenvalue weighted by atomic mass is 32.1. The summed E-state index contributed by atoms with van der Waals surface area (Å²) in [5.41, 5.74) is 1.26. The molecular weight excluding hydrogens is 266 g/mol. The van der Waals surface area contributed by atoms with Crippen LogP contribution in [0.2, 0.25) is 0 Å². The van der Waals surface area contributed by atoms with E-state index in [2.05, 4.69) is 41.1 Å². The van der Waals surface area contributed by atoms with E-state index in [-0.39, 0.29) is 0 Å². The molecule has 1 saturated carbocycles. The van der Waals surface area contributed by atoms with Crippen LogP contribution in [0.25, 0.3) is 0 Å². The van der Waals surface area contributed by atoms with E-state index in [4.69, 9.17) is 0 Å². The molecule has 0 aromatic carbocycles. The lowest BCUT2D eigenvalue weighted by atomic mass is 9.86. The van der Waals surface area contributed by atoms with E-state index in [1.807, 2.05) is 29.8 Å². The molecule has 0 amide bonds. The maximum atomic E-state index is 4.60. The first-order valence-electron chi connectivity index (χ1n) is 7.29. The van der Waals surface area contributed by atoms with E-state index < -0.39 is 0 Å². The van der Waals surface area contributed by atoms with Crippen LogP contribution in [0.4, 0.5) is 0 Å². The molecule has 0 saturated heterocycles. The summed E-state index contributed by atoms with van der Waals surface area (Å²) >= 11 is 1.89. The van der Waals surface area contributed by atoms with Crippen LogP contribution in [0.5, 0.6) is 0 Å². The number of rotatable bonds is 5. The minimum absolute atomic E-state index is 0.373. The molecule has 3 rings (SSSR count). The van der Waals surface area contributed by atoms with Crippen LogP contribution >= 0.6 is 11.3 Å². The third-order valence-electron chi connectivity index (χ3n) is 4.26. The molecule has 1 atom stereocenters. The van der Waals surface area contributed by atoms with Gasteiger partial charge in [-0.1, -0.05) is 12.5 Å². The van der Waals surface area contributed by atoms with Crippen molar-refractivity contribution in [3.8, 4) is 0 Å². The summed E-state index contributed by atoms with van der Waals surface area (Å²) in [4.78, 5) is 12.5. The van der Waals surface area contributed by atoms with E-state index in [1.165, 1.54) is 34.7 Å². The Morgan fingerprint density at radius 3 is 2.90 bits per heavy atom. The Hall–Kier alpha value is -1.26. The van der Waals surface area contributed by atoms with Crippen molar-refractivity contribution in [2.24, 2.45) is 0 Å². The third-order valence-corrected chi connectivity index (χ3v) is 5.40. The summed E-state index contributed by atoms with van der Waals surface area (Å²) in [5.74, 6) is 0.745. The molecule has 0 spiro atoms. The maximum absolute atomic E-state index is 4.60. The largest absolute Gasteiger partial charge is 0.294 e. The Bertz CT molecular complexity index is 548. The summed E-state index contributed by atoms with van der Waals surface area (Å²) in [7, 11) is 2.17. The van der Waals surface area contributed by atoms with E-state index in [0.717, 1.165) is 12.5 Å². The smallest absolute Gasteiger partial charge is 0.0959 e. The predicted octanol–water partition coefficient (Wildman–Crippen LogP) is 4.00. The van der Waals surface area contributed by atoms with E-state index in [1.54, 1.807) is 0 Å². The normalized spacial score (nSPS) is 17.1. The van der Waals surface area contributed by atoms with Crippen LogP contribution in [-0.2, 0) is 6.54 Å². The molecule has 4 heteroatoms. The number of aromatic nitrogens is 2. The van der Waals surface area contributed by atoms with Crippen molar-refractivity contribution in [3.63, 3.8) is 0 Å². The Kier molecular flexibility index (Phi) is 4.13. The molecule has 0 radical (unpaired) electrons. The molecule has 2 heterocycles. The molecule has 3 nitrogen and oxygen atoms in total. The van der Waals surface area contributed by atoms with Crippen LogP contribution in [0.1, 0.15) is 53.6 Å². The number of thiazole rings is 1. The highest BCUT2D eigenvalue weighted by Gasteiger charge is 2.23. The minimum Gasteiger partial charge on any atom is -0.294 e. The van der Waals surface area contributed by atoms with Crippen LogP contribution in [0.15, 0.2) is 30.7 Å². The number of nitrogens with zero attached hydrogens (tertiary/aromatic N) is 3. The standard InChI is InChI=1S/C16H21N3S/c1-12(14-7-4-8-17-9-14)19(2)11-15-10-18-16(20-15)13-5-3-6-13/h4,7-10,12-13H,3,5-6,11H2,1-2H3/t12-/m1/s1. The molecule has 0 unspecified atom stereocenters. The van der Waals surface area contributed by atoms with E-state index >= 15 is 0 Å².